The summed E-state index contributed by atoms with van der Waals surface area (Å²) in [6.07, 6.45) is 8.64. The number of carbonyl (C=O) groups is 2. The average Bonchev–Trinajstić information content (AvgIpc) is 3.58. The first-order valence-electron chi connectivity index (χ1n) is 11.0. The van der Waals surface area contributed by atoms with Gasteiger partial charge in [-0.25, -0.2) is 0 Å². The molecule has 29 heavy (non-hydrogen) atoms. The average molecular weight is 420 g/mol. The molecule has 2 aliphatic carbocycles. The first kappa shape index (κ1) is 22.1. The molecule has 1 aromatic carbocycles. The zero-order valence-corrected chi connectivity index (χ0v) is 18.0. The SMILES string of the molecule is Cl.NC1(C(=O)N2CCC(C(=O)N(Cc3ccccc3)C3CC3)CC2)CCCCC1. The molecule has 160 valence electrons. The highest BCUT2D eigenvalue weighted by Crippen LogP contribution is 2.33. The van der Waals surface area contributed by atoms with Crippen molar-refractivity contribution in [3.8, 4) is 0 Å². The van der Waals surface area contributed by atoms with Crippen LogP contribution in [0.3, 0.4) is 0 Å². The highest BCUT2D eigenvalue weighted by Gasteiger charge is 2.41. The van der Waals surface area contributed by atoms with Gasteiger partial charge in [-0.15, -0.1) is 12.4 Å². The number of nitrogens with zero attached hydrogens (tertiary/aromatic N) is 2. The van der Waals surface area contributed by atoms with E-state index in [9.17, 15) is 9.59 Å². The van der Waals surface area contributed by atoms with Crippen molar-refractivity contribution in [1.29, 1.82) is 0 Å². The number of hydrogen-bond acceptors (Lipinski definition) is 3. The topological polar surface area (TPSA) is 66.6 Å². The Hall–Kier alpha value is -1.59. The molecule has 1 aromatic rings. The van der Waals surface area contributed by atoms with E-state index < -0.39 is 5.54 Å². The van der Waals surface area contributed by atoms with Gasteiger partial charge in [-0.1, -0.05) is 49.6 Å². The van der Waals surface area contributed by atoms with Crippen LogP contribution in [0.25, 0.3) is 0 Å². The summed E-state index contributed by atoms with van der Waals surface area (Å²) < 4.78 is 0. The van der Waals surface area contributed by atoms with Crippen molar-refractivity contribution in [2.24, 2.45) is 11.7 Å². The molecule has 0 unspecified atom stereocenters. The lowest BCUT2D eigenvalue weighted by Crippen LogP contribution is -2.58. The molecule has 4 rings (SSSR count). The van der Waals surface area contributed by atoms with Crippen LogP contribution in [0.1, 0.15) is 63.4 Å². The van der Waals surface area contributed by atoms with Gasteiger partial charge in [-0.05, 0) is 44.1 Å². The summed E-state index contributed by atoms with van der Waals surface area (Å²) in [7, 11) is 0. The fourth-order valence-corrected chi connectivity index (χ4v) is 4.83. The van der Waals surface area contributed by atoms with Crippen LogP contribution in [0.4, 0.5) is 0 Å². The fourth-order valence-electron chi connectivity index (χ4n) is 4.83. The van der Waals surface area contributed by atoms with Crippen LogP contribution in [-0.2, 0) is 16.1 Å². The van der Waals surface area contributed by atoms with Gasteiger partial charge in [0.2, 0.25) is 11.8 Å². The third-order valence-corrected chi connectivity index (χ3v) is 6.77. The molecule has 5 nitrogen and oxygen atoms in total. The molecule has 1 heterocycles. The predicted octanol–water partition coefficient (Wildman–Crippen LogP) is 3.50. The molecule has 6 heteroatoms. The molecule has 2 saturated carbocycles. The molecular weight excluding hydrogens is 386 g/mol. The lowest BCUT2D eigenvalue weighted by molar-refractivity contribution is -0.144. The first-order valence-corrected chi connectivity index (χ1v) is 11.0. The summed E-state index contributed by atoms with van der Waals surface area (Å²) >= 11 is 0. The van der Waals surface area contributed by atoms with Crippen LogP contribution in [0.2, 0.25) is 0 Å². The Labute approximate surface area is 180 Å². The Morgan fingerprint density at radius 1 is 1.00 bits per heavy atom. The summed E-state index contributed by atoms with van der Waals surface area (Å²) in [5.41, 5.74) is 6.97. The maximum absolute atomic E-state index is 13.2. The summed E-state index contributed by atoms with van der Waals surface area (Å²) in [6, 6.07) is 10.7. The minimum atomic E-state index is -0.664. The molecule has 0 bridgehead atoms. The van der Waals surface area contributed by atoms with Crippen molar-refractivity contribution in [2.45, 2.75) is 75.9 Å². The Balaban J connectivity index is 0.00000240. The molecule has 3 fully saturated rings. The monoisotopic (exact) mass is 419 g/mol. The molecule has 0 spiro atoms. The van der Waals surface area contributed by atoms with Gasteiger partial charge in [0.25, 0.3) is 0 Å². The van der Waals surface area contributed by atoms with Gasteiger partial charge in [-0.3, -0.25) is 9.59 Å². The van der Waals surface area contributed by atoms with Crippen molar-refractivity contribution in [1.82, 2.24) is 9.80 Å². The molecule has 0 atom stereocenters. The van der Waals surface area contributed by atoms with Crippen molar-refractivity contribution in [3.63, 3.8) is 0 Å². The van der Waals surface area contributed by atoms with E-state index in [1.54, 1.807) is 0 Å². The summed E-state index contributed by atoms with van der Waals surface area (Å²) in [4.78, 5) is 30.2. The standard InChI is InChI=1S/C23H33N3O2.ClH/c24-23(13-5-2-6-14-23)22(28)25-15-11-19(12-16-25)21(27)26(20-9-10-20)17-18-7-3-1-4-8-18;/h1,3-4,7-8,19-20H,2,5-6,9-17,24H2;1H. The highest BCUT2D eigenvalue weighted by molar-refractivity contribution is 5.87. The number of nitrogens with two attached hydrogens (primary N) is 1. The van der Waals surface area contributed by atoms with E-state index in [4.69, 9.17) is 5.73 Å². The van der Waals surface area contributed by atoms with E-state index in [2.05, 4.69) is 17.0 Å². The van der Waals surface area contributed by atoms with E-state index >= 15 is 0 Å². The highest BCUT2D eigenvalue weighted by atomic mass is 35.5. The van der Waals surface area contributed by atoms with E-state index in [1.807, 2.05) is 23.1 Å². The van der Waals surface area contributed by atoms with Crippen LogP contribution in [0.15, 0.2) is 30.3 Å². The van der Waals surface area contributed by atoms with E-state index in [0.29, 0.717) is 25.7 Å². The zero-order valence-electron chi connectivity index (χ0n) is 17.2. The van der Waals surface area contributed by atoms with Crippen molar-refractivity contribution < 1.29 is 9.59 Å². The predicted molar refractivity (Wildman–Crippen MR) is 117 cm³/mol. The quantitative estimate of drug-likeness (QED) is 0.794. The number of halogens is 1. The molecule has 0 radical (unpaired) electrons. The smallest absolute Gasteiger partial charge is 0.242 e. The van der Waals surface area contributed by atoms with E-state index in [1.165, 1.54) is 12.0 Å². The van der Waals surface area contributed by atoms with Crippen LogP contribution in [0, 0.1) is 5.92 Å². The van der Waals surface area contributed by atoms with E-state index in [0.717, 1.165) is 51.4 Å². The number of likely N-dealkylation sites (tertiary alicyclic amines) is 1. The molecule has 0 aromatic heterocycles. The number of benzene rings is 1. The van der Waals surface area contributed by atoms with Gasteiger partial charge in [0.1, 0.15) is 0 Å². The van der Waals surface area contributed by atoms with Gasteiger partial charge in [0, 0.05) is 31.6 Å². The summed E-state index contributed by atoms with van der Waals surface area (Å²) in [5, 5.41) is 0. The Morgan fingerprint density at radius 2 is 1.62 bits per heavy atom. The van der Waals surface area contributed by atoms with Crippen molar-refractivity contribution in [3.05, 3.63) is 35.9 Å². The zero-order chi connectivity index (χ0) is 19.6. The van der Waals surface area contributed by atoms with Crippen LogP contribution in [0.5, 0.6) is 0 Å². The number of rotatable bonds is 5. The molecule has 2 amide bonds. The number of amides is 2. The largest absolute Gasteiger partial charge is 0.341 e. The Bertz CT molecular complexity index is 693. The minimum absolute atomic E-state index is 0. The maximum atomic E-state index is 13.2. The van der Waals surface area contributed by atoms with Crippen molar-refractivity contribution >= 4 is 24.2 Å². The van der Waals surface area contributed by atoms with Crippen molar-refractivity contribution in [2.75, 3.05) is 13.1 Å². The molecule has 1 aliphatic heterocycles. The number of hydrogen-bond donors (Lipinski definition) is 1. The third-order valence-electron chi connectivity index (χ3n) is 6.77. The molecule has 1 saturated heterocycles. The van der Waals surface area contributed by atoms with E-state index in [-0.39, 0.29) is 30.1 Å². The number of carbonyl (C=O) groups excluding carboxylic acids is 2. The Kier molecular flexibility index (Phi) is 7.23. The molecular formula is C23H34ClN3O2. The van der Waals surface area contributed by atoms with Crippen LogP contribution >= 0.6 is 12.4 Å². The van der Waals surface area contributed by atoms with Gasteiger partial charge < -0.3 is 15.5 Å². The maximum Gasteiger partial charge on any atom is 0.242 e. The summed E-state index contributed by atoms with van der Waals surface area (Å²) in [6.45, 7) is 2.03. The lowest BCUT2D eigenvalue weighted by atomic mass is 9.81. The fraction of sp³-hybridized carbons (Fsp3) is 0.652. The third kappa shape index (κ3) is 5.13. The van der Waals surface area contributed by atoms with Crippen LogP contribution in [-0.4, -0.2) is 46.3 Å². The van der Waals surface area contributed by atoms with Gasteiger partial charge in [0.15, 0.2) is 0 Å². The molecule has 3 aliphatic rings. The summed E-state index contributed by atoms with van der Waals surface area (Å²) in [5.74, 6) is 0.424. The second-order valence-electron chi connectivity index (χ2n) is 8.97. The lowest BCUT2D eigenvalue weighted by Gasteiger charge is -2.40. The molecule has 2 N–H and O–H groups in total. The second kappa shape index (κ2) is 9.48. The van der Waals surface area contributed by atoms with Gasteiger partial charge >= 0.3 is 0 Å². The normalized spacial score (nSPS) is 21.9. The van der Waals surface area contributed by atoms with Crippen LogP contribution < -0.4 is 5.73 Å². The van der Waals surface area contributed by atoms with Gasteiger partial charge in [0.05, 0.1) is 5.54 Å². The first-order chi connectivity index (χ1) is 13.6. The Morgan fingerprint density at radius 3 is 2.21 bits per heavy atom. The number of piperidine rings is 1. The second-order valence-corrected chi connectivity index (χ2v) is 8.97. The minimum Gasteiger partial charge on any atom is -0.341 e. The van der Waals surface area contributed by atoms with Gasteiger partial charge in [-0.2, -0.15) is 0 Å².